The Morgan fingerprint density at radius 1 is 1.19 bits per heavy atom. The predicted octanol–water partition coefficient (Wildman–Crippen LogP) is 1.29. The zero-order chi connectivity index (χ0) is 14.6. The summed E-state index contributed by atoms with van der Waals surface area (Å²) in [5.41, 5.74) is 5.65. The zero-order valence-electron chi connectivity index (χ0n) is 13.0. The number of rotatable bonds is 2. The van der Waals surface area contributed by atoms with Crippen molar-refractivity contribution < 1.29 is 9.53 Å². The summed E-state index contributed by atoms with van der Waals surface area (Å²) in [6, 6.07) is 0.432. The fourth-order valence-corrected chi connectivity index (χ4v) is 6.63. The highest BCUT2D eigenvalue weighted by Crippen LogP contribution is 2.66. The molecule has 4 heteroatoms. The normalized spacial score (nSPS) is 58.3. The van der Waals surface area contributed by atoms with Crippen molar-refractivity contribution in [1.82, 2.24) is 5.32 Å². The van der Waals surface area contributed by atoms with Gasteiger partial charge in [0.05, 0.1) is 6.10 Å². The van der Waals surface area contributed by atoms with Gasteiger partial charge in [0.1, 0.15) is 5.54 Å². The summed E-state index contributed by atoms with van der Waals surface area (Å²) in [5.74, 6) is 3.62. The van der Waals surface area contributed by atoms with Crippen LogP contribution in [0, 0.1) is 35.0 Å². The van der Waals surface area contributed by atoms with E-state index in [2.05, 4.69) is 19.2 Å². The first-order chi connectivity index (χ1) is 9.96. The molecule has 116 valence electrons. The van der Waals surface area contributed by atoms with E-state index in [1.165, 1.54) is 19.3 Å². The van der Waals surface area contributed by atoms with Crippen molar-refractivity contribution in [2.75, 3.05) is 6.61 Å². The number of amides is 1. The maximum Gasteiger partial charge on any atom is 0.241 e. The Hall–Kier alpha value is -0.610. The third-order valence-electron chi connectivity index (χ3n) is 7.86. The van der Waals surface area contributed by atoms with Crippen LogP contribution in [0.25, 0.3) is 0 Å². The molecule has 1 amide bonds. The average Bonchev–Trinajstić information content (AvgIpc) is 2.92. The number of hydrogen-bond donors (Lipinski definition) is 2. The summed E-state index contributed by atoms with van der Waals surface area (Å²) in [7, 11) is 0. The summed E-state index contributed by atoms with van der Waals surface area (Å²) < 4.78 is 5.79. The Morgan fingerprint density at radius 2 is 1.86 bits per heavy atom. The quantitative estimate of drug-likeness (QED) is 0.805. The van der Waals surface area contributed by atoms with Crippen molar-refractivity contribution in [3.63, 3.8) is 0 Å². The second-order valence-electron chi connectivity index (χ2n) is 8.76. The van der Waals surface area contributed by atoms with Crippen molar-refractivity contribution in [3.8, 4) is 0 Å². The minimum absolute atomic E-state index is 0.0954. The lowest BCUT2D eigenvalue weighted by atomic mass is 9.48. The molecule has 0 aromatic heterocycles. The first kappa shape index (κ1) is 12.9. The number of carbonyl (C=O) groups is 1. The van der Waals surface area contributed by atoms with Gasteiger partial charge in [-0.3, -0.25) is 4.79 Å². The SMILES string of the molecule is CC1(C)C2OCCC2C1(N)C(=O)NC1C2C3CCC(C3)C12. The lowest BCUT2D eigenvalue weighted by Gasteiger charge is -2.60. The van der Waals surface area contributed by atoms with Crippen LogP contribution < -0.4 is 11.1 Å². The Kier molecular flexibility index (Phi) is 2.24. The molecule has 2 bridgehead atoms. The number of nitrogens with one attached hydrogen (secondary N) is 1. The lowest BCUT2D eigenvalue weighted by Crippen LogP contribution is -2.80. The molecule has 1 saturated heterocycles. The Bertz CT molecular complexity index is 503. The smallest absolute Gasteiger partial charge is 0.241 e. The van der Waals surface area contributed by atoms with Crippen LogP contribution in [0.3, 0.4) is 0 Å². The minimum atomic E-state index is -0.732. The molecule has 3 N–H and O–H groups in total. The molecular weight excluding hydrogens is 264 g/mol. The number of nitrogens with two attached hydrogens (primary N) is 1. The van der Waals surface area contributed by atoms with Crippen LogP contribution in [0.5, 0.6) is 0 Å². The fraction of sp³-hybridized carbons (Fsp3) is 0.941. The van der Waals surface area contributed by atoms with Crippen LogP contribution in [-0.2, 0) is 9.53 Å². The molecule has 4 saturated carbocycles. The number of hydrogen-bond acceptors (Lipinski definition) is 3. The molecule has 4 nitrogen and oxygen atoms in total. The van der Waals surface area contributed by atoms with E-state index in [0.29, 0.717) is 6.04 Å². The molecule has 21 heavy (non-hydrogen) atoms. The summed E-state index contributed by atoms with van der Waals surface area (Å²) in [5, 5.41) is 3.35. The van der Waals surface area contributed by atoms with Crippen molar-refractivity contribution in [3.05, 3.63) is 0 Å². The molecule has 5 aliphatic rings. The summed E-state index contributed by atoms with van der Waals surface area (Å²) >= 11 is 0. The van der Waals surface area contributed by atoms with Crippen LogP contribution in [-0.4, -0.2) is 30.2 Å². The molecule has 0 radical (unpaired) electrons. The van der Waals surface area contributed by atoms with E-state index in [9.17, 15) is 4.79 Å². The second kappa shape index (κ2) is 3.65. The van der Waals surface area contributed by atoms with Crippen molar-refractivity contribution in [2.45, 2.75) is 57.2 Å². The van der Waals surface area contributed by atoms with Gasteiger partial charge >= 0.3 is 0 Å². The first-order valence-corrected chi connectivity index (χ1v) is 8.67. The maximum atomic E-state index is 12.9. The number of ether oxygens (including phenoxy) is 1. The van der Waals surface area contributed by atoms with Gasteiger partial charge < -0.3 is 15.8 Å². The van der Waals surface area contributed by atoms with E-state index in [1.807, 2.05) is 0 Å². The van der Waals surface area contributed by atoms with Gasteiger partial charge in [-0.15, -0.1) is 0 Å². The van der Waals surface area contributed by atoms with Crippen LogP contribution in [0.2, 0.25) is 0 Å². The number of carbonyl (C=O) groups excluding carboxylic acids is 1. The highest BCUT2D eigenvalue weighted by Gasteiger charge is 2.73. The molecule has 5 fully saturated rings. The van der Waals surface area contributed by atoms with Gasteiger partial charge in [-0.1, -0.05) is 13.8 Å². The van der Waals surface area contributed by atoms with Crippen molar-refractivity contribution >= 4 is 5.91 Å². The van der Waals surface area contributed by atoms with E-state index >= 15 is 0 Å². The van der Waals surface area contributed by atoms with E-state index in [-0.39, 0.29) is 23.3 Å². The van der Waals surface area contributed by atoms with Crippen LogP contribution in [0.4, 0.5) is 0 Å². The van der Waals surface area contributed by atoms with Gasteiger partial charge in [0.25, 0.3) is 0 Å². The molecular formula is C17H26N2O2. The highest BCUT2D eigenvalue weighted by molar-refractivity contribution is 5.90. The molecule has 5 rings (SSSR count). The summed E-state index contributed by atoms with van der Waals surface area (Å²) in [6.07, 6.45) is 5.29. The van der Waals surface area contributed by atoms with E-state index in [4.69, 9.17) is 10.5 Å². The van der Waals surface area contributed by atoms with Crippen LogP contribution in [0.1, 0.15) is 39.5 Å². The first-order valence-electron chi connectivity index (χ1n) is 8.67. The van der Waals surface area contributed by atoms with Crippen molar-refractivity contribution in [2.24, 2.45) is 40.7 Å². The van der Waals surface area contributed by atoms with Gasteiger partial charge in [-0.05, 0) is 49.4 Å². The Morgan fingerprint density at radius 3 is 2.52 bits per heavy atom. The third kappa shape index (κ3) is 1.29. The predicted molar refractivity (Wildman–Crippen MR) is 78.3 cm³/mol. The van der Waals surface area contributed by atoms with Crippen LogP contribution in [0.15, 0.2) is 0 Å². The fourth-order valence-electron chi connectivity index (χ4n) is 6.63. The van der Waals surface area contributed by atoms with Gasteiger partial charge in [0.2, 0.25) is 5.91 Å². The highest BCUT2D eigenvalue weighted by atomic mass is 16.5. The molecule has 7 atom stereocenters. The van der Waals surface area contributed by atoms with E-state index < -0.39 is 5.54 Å². The zero-order valence-corrected chi connectivity index (χ0v) is 13.0. The maximum absolute atomic E-state index is 12.9. The molecule has 0 spiro atoms. The summed E-state index contributed by atoms with van der Waals surface area (Å²) in [6.45, 7) is 4.94. The molecule has 4 aliphatic carbocycles. The largest absolute Gasteiger partial charge is 0.377 e. The standard InChI is InChI=1S/C17H26N2O2/c1-16(2)14-10(5-6-21-14)17(16,18)15(20)19-13-11-8-3-4-9(7-8)12(11)13/h8-14H,3-7,18H2,1-2H3,(H,19,20). The third-order valence-corrected chi connectivity index (χ3v) is 7.86. The van der Waals surface area contributed by atoms with Gasteiger partial charge in [0.15, 0.2) is 0 Å². The summed E-state index contributed by atoms with van der Waals surface area (Å²) in [4.78, 5) is 12.9. The van der Waals surface area contributed by atoms with Crippen LogP contribution >= 0.6 is 0 Å². The van der Waals surface area contributed by atoms with E-state index in [1.54, 1.807) is 0 Å². The van der Waals surface area contributed by atoms with Gasteiger partial charge in [0, 0.05) is 24.0 Å². The lowest BCUT2D eigenvalue weighted by molar-refractivity contribution is -0.175. The van der Waals surface area contributed by atoms with Gasteiger partial charge in [-0.2, -0.15) is 0 Å². The van der Waals surface area contributed by atoms with Crippen molar-refractivity contribution in [1.29, 1.82) is 0 Å². The minimum Gasteiger partial charge on any atom is -0.377 e. The average molecular weight is 290 g/mol. The van der Waals surface area contributed by atoms with E-state index in [0.717, 1.165) is 36.7 Å². The topological polar surface area (TPSA) is 64.3 Å². The Balaban J connectivity index is 1.34. The number of fused-ring (bicyclic) bond motifs is 6. The monoisotopic (exact) mass is 290 g/mol. The second-order valence-corrected chi connectivity index (χ2v) is 8.76. The van der Waals surface area contributed by atoms with Gasteiger partial charge in [-0.25, -0.2) is 0 Å². The molecule has 1 aliphatic heterocycles. The molecule has 7 unspecified atom stereocenters. The molecule has 0 aromatic rings. The molecule has 0 aromatic carbocycles. The molecule has 1 heterocycles. The Labute approximate surface area is 126 Å².